The molecule has 1 aromatic heterocycles. The number of halogens is 2. The van der Waals surface area contributed by atoms with Crippen LogP contribution in [0.3, 0.4) is 0 Å². The lowest BCUT2D eigenvalue weighted by molar-refractivity contribution is 0.0338. The van der Waals surface area contributed by atoms with E-state index in [4.69, 9.17) is 32.7 Å². The zero-order valence-corrected chi connectivity index (χ0v) is 15.4. The Bertz CT molecular complexity index is 673. The van der Waals surface area contributed by atoms with Crippen molar-refractivity contribution in [3.05, 3.63) is 46.2 Å². The average molecular weight is 383 g/mol. The molecule has 0 radical (unpaired) electrons. The van der Waals surface area contributed by atoms with Crippen LogP contribution in [0, 0.1) is 0 Å². The molecule has 1 aliphatic rings. The maximum atomic E-state index is 6.14. The van der Waals surface area contributed by atoms with Crippen LogP contribution in [0.1, 0.15) is 5.56 Å². The van der Waals surface area contributed by atoms with Gasteiger partial charge in [-0.25, -0.2) is 9.97 Å². The summed E-state index contributed by atoms with van der Waals surface area (Å²) in [4.78, 5) is 10.7. The lowest BCUT2D eigenvalue weighted by Crippen LogP contribution is -2.44. The topological polar surface area (TPSA) is 59.5 Å². The van der Waals surface area contributed by atoms with E-state index in [9.17, 15) is 0 Å². The third kappa shape index (κ3) is 4.95. The van der Waals surface area contributed by atoms with Crippen LogP contribution in [0.2, 0.25) is 10.0 Å². The Hall–Kier alpha value is -1.60. The SMILES string of the molecule is CN(CC1CNCCO1)c1ncc(OCc2c(Cl)cccc2Cl)cn1. The highest BCUT2D eigenvalue weighted by Gasteiger charge is 2.17. The number of likely N-dealkylation sites (N-methyl/N-ethyl adjacent to an activating group) is 1. The highest BCUT2D eigenvalue weighted by atomic mass is 35.5. The van der Waals surface area contributed by atoms with Gasteiger partial charge in [0.1, 0.15) is 6.61 Å². The Morgan fingerprint density at radius 2 is 2.00 bits per heavy atom. The van der Waals surface area contributed by atoms with E-state index in [0.29, 0.717) is 21.7 Å². The summed E-state index contributed by atoms with van der Waals surface area (Å²) < 4.78 is 11.4. The van der Waals surface area contributed by atoms with E-state index in [1.54, 1.807) is 30.6 Å². The average Bonchev–Trinajstić information content (AvgIpc) is 2.62. The maximum absolute atomic E-state index is 6.14. The molecule has 25 heavy (non-hydrogen) atoms. The van der Waals surface area contributed by atoms with Crippen molar-refractivity contribution in [1.82, 2.24) is 15.3 Å². The van der Waals surface area contributed by atoms with Gasteiger partial charge in [-0.3, -0.25) is 0 Å². The number of nitrogens with one attached hydrogen (secondary N) is 1. The molecule has 1 unspecified atom stereocenters. The van der Waals surface area contributed by atoms with Crippen molar-refractivity contribution in [2.45, 2.75) is 12.7 Å². The molecule has 2 aromatic rings. The van der Waals surface area contributed by atoms with Crippen molar-refractivity contribution < 1.29 is 9.47 Å². The van der Waals surface area contributed by atoms with E-state index in [2.05, 4.69) is 15.3 Å². The zero-order valence-electron chi connectivity index (χ0n) is 13.9. The molecule has 0 amide bonds. The summed E-state index contributed by atoms with van der Waals surface area (Å²) in [5.74, 6) is 1.18. The minimum absolute atomic E-state index is 0.139. The molecule has 0 saturated carbocycles. The molecule has 0 bridgehead atoms. The van der Waals surface area contributed by atoms with Gasteiger partial charge in [-0.05, 0) is 12.1 Å². The van der Waals surface area contributed by atoms with Gasteiger partial charge in [0, 0.05) is 42.3 Å². The fourth-order valence-electron chi connectivity index (χ4n) is 2.53. The molecule has 8 heteroatoms. The first-order valence-corrected chi connectivity index (χ1v) is 8.80. The number of ether oxygens (including phenoxy) is 2. The number of hydrogen-bond donors (Lipinski definition) is 1. The second kappa shape index (κ2) is 8.67. The fraction of sp³-hybridized carbons (Fsp3) is 0.412. The van der Waals surface area contributed by atoms with Crippen LogP contribution in [0.15, 0.2) is 30.6 Å². The predicted octanol–water partition coefficient (Wildman–Crippen LogP) is 2.79. The van der Waals surface area contributed by atoms with Crippen molar-refractivity contribution in [2.75, 3.05) is 38.2 Å². The van der Waals surface area contributed by atoms with Gasteiger partial charge in [0.2, 0.25) is 5.95 Å². The van der Waals surface area contributed by atoms with Gasteiger partial charge in [0.05, 0.1) is 25.1 Å². The first-order chi connectivity index (χ1) is 12.1. The highest BCUT2D eigenvalue weighted by molar-refractivity contribution is 6.35. The number of anilines is 1. The molecule has 0 aliphatic carbocycles. The summed E-state index contributed by atoms with van der Waals surface area (Å²) in [6, 6.07) is 5.36. The molecule has 1 atom stereocenters. The number of morpholine rings is 1. The number of benzene rings is 1. The predicted molar refractivity (Wildman–Crippen MR) is 98.7 cm³/mol. The van der Waals surface area contributed by atoms with Gasteiger partial charge in [-0.2, -0.15) is 0 Å². The van der Waals surface area contributed by atoms with E-state index >= 15 is 0 Å². The molecule has 2 heterocycles. The third-order valence-electron chi connectivity index (χ3n) is 3.88. The van der Waals surface area contributed by atoms with Gasteiger partial charge in [-0.15, -0.1) is 0 Å². The van der Waals surface area contributed by atoms with E-state index in [0.717, 1.165) is 31.8 Å². The summed E-state index contributed by atoms with van der Waals surface area (Å²) >= 11 is 12.3. The van der Waals surface area contributed by atoms with Crippen molar-refractivity contribution in [2.24, 2.45) is 0 Å². The smallest absolute Gasteiger partial charge is 0.225 e. The Kier molecular flexibility index (Phi) is 6.31. The van der Waals surface area contributed by atoms with Gasteiger partial charge < -0.3 is 19.7 Å². The van der Waals surface area contributed by atoms with E-state index in [1.165, 1.54) is 0 Å². The van der Waals surface area contributed by atoms with Crippen LogP contribution in [-0.2, 0) is 11.3 Å². The summed E-state index contributed by atoms with van der Waals surface area (Å²) in [5, 5.41) is 4.46. The first-order valence-electron chi connectivity index (χ1n) is 8.04. The summed E-state index contributed by atoms with van der Waals surface area (Å²) in [5.41, 5.74) is 0.744. The van der Waals surface area contributed by atoms with Crippen molar-refractivity contribution in [1.29, 1.82) is 0 Å². The molecule has 3 rings (SSSR count). The Labute approximate surface area is 157 Å². The van der Waals surface area contributed by atoms with Gasteiger partial charge in [0.25, 0.3) is 0 Å². The third-order valence-corrected chi connectivity index (χ3v) is 4.59. The van der Waals surface area contributed by atoms with Crippen molar-refractivity contribution in [3.63, 3.8) is 0 Å². The fourth-order valence-corrected chi connectivity index (χ4v) is 3.04. The van der Waals surface area contributed by atoms with Crippen LogP contribution in [0.4, 0.5) is 5.95 Å². The van der Waals surface area contributed by atoms with Crippen LogP contribution in [0.25, 0.3) is 0 Å². The van der Waals surface area contributed by atoms with E-state index in [1.807, 2.05) is 11.9 Å². The monoisotopic (exact) mass is 382 g/mol. The van der Waals surface area contributed by atoms with Crippen molar-refractivity contribution >= 4 is 29.2 Å². The minimum Gasteiger partial charge on any atom is -0.486 e. The molecular formula is C17H20Cl2N4O2. The van der Waals surface area contributed by atoms with Crippen LogP contribution < -0.4 is 15.0 Å². The highest BCUT2D eigenvalue weighted by Crippen LogP contribution is 2.25. The number of nitrogens with zero attached hydrogens (tertiary/aromatic N) is 3. The Balaban J connectivity index is 1.56. The normalized spacial score (nSPS) is 17.3. The summed E-state index contributed by atoms with van der Waals surface area (Å²) in [6.45, 7) is 3.46. The maximum Gasteiger partial charge on any atom is 0.225 e. The molecule has 1 fully saturated rings. The Morgan fingerprint density at radius 1 is 1.28 bits per heavy atom. The lowest BCUT2D eigenvalue weighted by atomic mass is 10.2. The molecular weight excluding hydrogens is 363 g/mol. The number of aromatic nitrogens is 2. The molecule has 6 nitrogen and oxygen atoms in total. The minimum atomic E-state index is 0.139. The van der Waals surface area contributed by atoms with E-state index < -0.39 is 0 Å². The second-order valence-electron chi connectivity index (χ2n) is 5.79. The van der Waals surface area contributed by atoms with Crippen LogP contribution in [-0.4, -0.2) is 49.4 Å². The molecule has 0 spiro atoms. The van der Waals surface area contributed by atoms with Crippen LogP contribution in [0.5, 0.6) is 5.75 Å². The standard InChI is InChI=1S/C17H20Cl2N4O2/c1-23(10-13-7-20-5-6-24-13)17-21-8-12(9-22-17)25-11-14-15(18)3-2-4-16(14)19/h2-4,8-9,13,20H,5-7,10-11H2,1H3. The van der Waals surface area contributed by atoms with Gasteiger partial charge in [0.15, 0.2) is 5.75 Å². The molecule has 134 valence electrons. The summed E-state index contributed by atoms with van der Waals surface area (Å²) in [7, 11) is 1.94. The number of rotatable bonds is 6. The van der Waals surface area contributed by atoms with E-state index in [-0.39, 0.29) is 12.7 Å². The zero-order chi connectivity index (χ0) is 17.6. The largest absolute Gasteiger partial charge is 0.486 e. The lowest BCUT2D eigenvalue weighted by Gasteiger charge is -2.27. The molecule has 1 N–H and O–H groups in total. The first kappa shape index (κ1) is 18.2. The summed E-state index contributed by atoms with van der Waals surface area (Å²) in [6.07, 6.45) is 3.42. The van der Waals surface area contributed by atoms with Gasteiger partial charge in [-0.1, -0.05) is 29.3 Å². The molecule has 1 aromatic carbocycles. The molecule has 1 saturated heterocycles. The second-order valence-corrected chi connectivity index (χ2v) is 6.60. The van der Waals surface area contributed by atoms with Crippen LogP contribution >= 0.6 is 23.2 Å². The molecule has 1 aliphatic heterocycles. The Morgan fingerprint density at radius 3 is 2.64 bits per heavy atom. The quantitative estimate of drug-likeness (QED) is 0.828. The van der Waals surface area contributed by atoms with Gasteiger partial charge >= 0.3 is 0 Å². The van der Waals surface area contributed by atoms with Crippen molar-refractivity contribution in [3.8, 4) is 5.75 Å². The number of hydrogen-bond acceptors (Lipinski definition) is 6.